The van der Waals surface area contributed by atoms with Crippen LogP contribution in [0.5, 0.6) is 0 Å². The number of unbranched alkanes of at least 4 members (excludes halogenated alkanes) is 3. The number of esters is 1. The van der Waals surface area contributed by atoms with E-state index in [4.69, 9.17) is 21.4 Å². The summed E-state index contributed by atoms with van der Waals surface area (Å²) < 4.78 is 7.10. The lowest BCUT2D eigenvalue weighted by Crippen LogP contribution is -2.29. The Kier molecular flexibility index (Phi) is 7.61. The molecule has 1 atom stereocenters. The predicted molar refractivity (Wildman–Crippen MR) is 117 cm³/mol. The van der Waals surface area contributed by atoms with Crippen LogP contribution in [0.1, 0.15) is 58.1 Å². The second kappa shape index (κ2) is 10.2. The van der Waals surface area contributed by atoms with E-state index in [0.29, 0.717) is 28.3 Å². The number of hydrogen-bond acceptors (Lipinski definition) is 6. The zero-order chi connectivity index (χ0) is 20.8. The number of halogens is 1. The van der Waals surface area contributed by atoms with Gasteiger partial charge in [0.2, 0.25) is 11.1 Å². The molecule has 2 heterocycles. The van der Waals surface area contributed by atoms with Gasteiger partial charge in [-0.05, 0) is 38.0 Å². The lowest BCUT2D eigenvalue weighted by atomic mass is 9.96. The normalized spacial score (nSPS) is 15.8. The van der Waals surface area contributed by atoms with Gasteiger partial charge in [0.1, 0.15) is 6.04 Å². The lowest BCUT2D eigenvalue weighted by Gasteiger charge is -2.28. The number of carbonyl (C=O) groups is 1. The fourth-order valence-electron chi connectivity index (χ4n) is 3.31. The number of nitrogens with one attached hydrogen (secondary N) is 1. The van der Waals surface area contributed by atoms with Crippen LogP contribution < -0.4 is 5.32 Å². The van der Waals surface area contributed by atoms with Gasteiger partial charge in [-0.15, -0.1) is 5.10 Å². The zero-order valence-electron chi connectivity index (χ0n) is 17.1. The van der Waals surface area contributed by atoms with E-state index in [1.807, 2.05) is 31.2 Å². The molecule has 3 rings (SSSR count). The third kappa shape index (κ3) is 5.14. The van der Waals surface area contributed by atoms with Gasteiger partial charge in [0.25, 0.3) is 0 Å². The average molecular weight is 435 g/mol. The molecule has 1 aliphatic rings. The summed E-state index contributed by atoms with van der Waals surface area (Å²) in [7, 11) is 0. The number of benzene rings is 1. The highest BCUT2D eigenvalue weighted by molar-refractivity contribution is 7.99. The van der Waals surface area contributed by atoms with Crippen molar-refractivity contribution in [1.82, 2.24) is 14.8 Å². The summed E-state index contributed by atoms with van der Waals surface area (Å²) in [5, 5.41) is 9.28. The number of allylic oxidation sites excluding steroid dienone is 1. The summed E-state index contributed by atoms with van der Waals surface area (Å²) in [6.45, 7) is 6.18. The maximum Gasteiger partial charge on any atom is 0.338 e. The van der Waals surface area contributed by atoms with Crippen LogP contribution in [0.2, 0.25) is 5.02 Å². The molecule has 0 fully saturated rings. The molecular formula is C21H27ClN4O2S. The van der Waals surface area contributed by atoms with E-state index in [1.54, 1.807) is 23.4 Å². The molecule has 0 saturated heterocycles. The summed E-state index contributed by atoms with van der Waals surface area (Å²) >= 11 is 7.72. The van der Waals surface area contributed by atoms with Gasteiger partial charge < -0.3 is 10.1 Å². The van der Waals surface area contributed by atoms with E-state index >= 15 is 0 Å². The molecule has 0 saturated carbocycles. The highest BCUT2D eigenvalue weighted by atomic mass is 35.5. The van der Waals surface area contributed by atoms with Gasteiger partial charge in [-0.3, -0.25) is 0 Å². The van der Waals surface area contributed by atoms with Crippen molar-refractivity contribution in [3.8, 4) is 0 Å². The van der Waals surface area contributed by atoms with Gasteiger partial charge in [-0.1, -0.05) is 61.7 Å². The van der Waals surface area contributed by atoms with Gasteiger partial charge in [0.15, 0.2) is 0 Å². The second-order valence-corrected chi connectivity index (χ2v) is 8.41. The molecule has 156 valence electrons. The van der Waals surface area contributed by atoms with Crippen molar-refractivity contribution in [1.29, 1.82) is 0 Å². The molecule has 1 aliphatic heterocycles. The minimum absolute atomic E-state index is 0.312. The summed E-state index contributed by atoms with van der Waals surface area (Å²) in [6.07, 6.45) is 4.83. The number of nitrogens with zero attached hydrogens (tertiary/aromatic N) is 3. The highest BCUT2D eigenvalue weighted by Gasteiger charge is 2.35. The Morgan fingerprint density at radius 3 is 2.69 bits per heavy atom. The Labute approximate surface area is 181 Å². The Bertz CT molecular complexity index is 879. The first kappa shape index (κ1) is 21.7. The summed E-state index contributed by atoms with van der Waals surface area (Å²) in [6, 6.07) is 7.04. The van der Waals surface area contributed by atoms with E-state index in [0.717, 1.165) is 23.4 Å². The van der Waals surface area contributed by atoms with Crippen molar-refractivity contribution in [2.75, 3.05) is 17.7 Å². The largest absolute Gasteiger partial charge is 0.463 e. The fourth-order valence-corrected chi connectivity index (χ4v) is 4.27. The smallest absolute Gasteiger partial charge is 0.338 e. The number of fused-ring (bicyclic) bond motifs is 1. The maximum atomic E-state index is 12.7. The van der Waals surface area contributed by atoms with E-state index in [9.17, 15) is 4.79 Å². The van der Waals surface area contributed by atoms with Gasteiger partial charge >= 0.3 is 5.97 Å². The molecule has 1 aromatic carbocycles. The van der Waals surface area contributed by atoms with Gasteiger partial charge in [-0.2, -0.15) is 4.98 Å². The van der Waals surface area contributed by atoms with Crippen molar-refractivity contribution in [3.05, 3.63) is 46.1 Å². The van der Waals surface area contributed by atoms with Gasteiger partial charge in [0, 0.05) is 16.5 Å². The topological polar surface area (TPSA) is 69.0 Å². The first-order valence-corrected chi connectivity index (χ1v) is 11.4. The van der Waals surface area contributed by atoms with Crippen molar-refractivity contribution in [2.45, 2.75) is 57.7 Å². The summed E-state index contributed by atoms with van der Waals surface area (Å²) in [5.74, 6) is 1.26. The number of anilines is 1. The first-order chi connectivity index (χ1) is 14.0. The number of carbonyl (C=O) groups excluding carboxylic acids is 1. The van der Waals surface area contributed by atoms with Gasteiger partial charge in [-0.25, -0.2) is 9.48 Å². The SMILES string of the molecule is CCCCCCSc1nc2n(n1)[C@@H](c1ccc(Cl)cc1)C(C(=O)OCC)=C(C)N2. The quantitative estimate of drug-likeness (QED) is 0.321. The molecular weight excluding hydrogens is 408 g/mol. The van der Waals surface area contributed by atoms with E-state index in [-0.39, 0.29) is 5.97 Å². The van der Waals surface area contributed by atoms with Crippen LogP contribution in [0, 0.1) is 0 Å². The predicted octanol–water partition coefficient (Wildman–Crippen LogP) is 5.46. The number of hydrogen-bond donors (Lipinski definition) is 1. The second-order valence-electron chi connectivity index (χ2n) is 6.91. The van der Waals surface area contributed by atoms with Crippen LogP contribution in [-0.4, -0.2) is 33.1 Å². The van der Waals surface area contributed by atoms with Crippen molar-refractivity contribution < 1.29 is 9.53 Å². The molecule has 0 radical (unpaired) electrons. The molecule has 0 amide bonds. The monoisotopic (exact) mass is 434 g/mol. The molecule has 0 unspecified atom stereocenters. The standard InChI is InChI=1S/C21H27ClN4O2S/c1-4-6-7-8-13-29-21-24-20-23-14(3)17(19(27)28-5-2)18(26(20)25-21)15-9-11-16(22)12-10-15/h9-12,18H,4-8,13H2,1-3H3,(H,23,24,25)/t18-/m0/s1. The molecule has 8 heteroatoms. The number of rotatable bonds is 9. The van der Waals surface area contributed by atoms with Crippen LogP contribution in [0.4, 0.5) is 5.95 Å². The summed E-state index contributed by atoms with van der Waals surface area (Å²) in [5.41, 5.74) is 2.16. The Morgan fingerprint density at radius 1 is 1.24 bits per heavy atom. The van der Waals surface area contributed by atoms with E-state index in [1.165, 1.54) is 19.3 Å². The molecule has 0 aliphatic carbocycles. The third-order valence-electron chi connectivity index (χ3n) is 4.74. The molecule has 0 bridgehead atoms. The van der Waals surface area contributed by atoms with Crippen LogP contribution in [0.15, 0.2) is 40.7 Å². The Balaban J connectivity index is 1.91. The van der Waals surface area contributed by atoms with Crippen LogP contribution in [-0.2, 0) is 9.53 Å². The van der Waals surface area contributed by atoms with Gasteiger partial charge in [0.05, 0.1) is 12.2 Å². The molecule has 6 nitrogen and oxygen atoms in total. The molecule has 0 spiro atoms. The average Bonchev–Trinajstić information content (AvgIpc) is 3.10. The molecule has 1 N–H and O–H groups in total. The van der Waals surface area contributed by atoms with Crippen LogP contribution >= 0.6 is 23.4 Å². The minimum atomic E-state index is -0.412. The number of thioether (sulfide) groups is 1. The fraction of sp³-hybridized carbons (Fsp3) is 0.476. The Morgan fingerprint density at radius 2 is 2.00 bits per heavy atom. The van der Waals surface area contributed by atoms with Crippen LogP contribution in [0.25, 0.3) is 0 Å². The molecule has 1 aromatic heterocycles. The first-order valence-electron chi connectivity index (χ1n) is 10.0. The number of ether oxygens (including phenoxy) is 1. The highest BCUT2D eigenvalue weighted by Crippen LogP contribution is 2.37. The van der Waals surface area contributed by atoms with Crippen molar-refractivity contribution in [3.63, 3.8) is 0 Å². The van der Waals surface area contributed by atoms with Crippen LogP contribution in [0.3, 0.4) is 0 Å². The minimum Gasteiger partial charge on any atom is -0.463 e. The lowest BCUT2D eigenvalue weighted by molar-refractivity contribution is -0.139. The molecule has 29 heavy (non-hydrogen) atoms. The van der Waals surface area contributed by atoms with E-state index < -0.39 is 6.04 Å². The molecule has 2 aromatic rings. The maximum absolute atomic E-state index is 12.7. The van der Waals surface area contributed by atoms with Crippen molar-refractivity contribution >= 4 is 35.3 Å². The Hall–Kier alpha value is -1.99. The number of aromatic nitrogens is 3. The summed E-state index contributed by atoms with van der Waals surface area (Å²) in [4.78, 5) is 17.4. The van der Waals surface area contributed by atoms with E-state index in [2.05, 4.69) is 17.2 Å². The van der Waals surface area contributed by atoms with Crippen molar-refractivity contribution in [2.24, 2.45) is 0 Å². The third-order valence-corrected chi connectivity index (χ3v) is 5.92. The zero-order valence-corrected chi connectivity index (χ0v) is 18.6.